The number of nitrogens with one attached hydrogen (secondary N) is 1. The van der Waals surface area contributed by atoms with Crippen LogP contribution in [0.1, 0.15) is 23.5 Å². The summed E-state index contributed by atoms with van der Waals surface area (Å²) in [6.45, 7) is 4.26. The number of hydrogen-bond donors (Lipinski definition) is 1. The summed E-state index contributed by atoms with van der Waals surface area (Å²) in [6.07, 6.45) is 3.80. The van der Waals surface area contributed by atoms with Gasteiger partial charge in [0.15, 0.2) is 0 Å². The maximum absolute atomic E-state index is 11.6. The molecule has 2 aromatic heterocycles. The minimum Gasteiger partial charge on any atom is -0.352 e. The summed E-state index contributed by atoms with van der Waals surface area (Å²) < 4.78 is 3.39. The van der Waals surface area contributed by atoms with E-state index >= 15 is 0 Å². The first kappa shape index (κ1) is 16.3. The number of amides is 1. The monoisotopic (exact) mass is 354 g/mol. The zero-order chi connectivity index (χ0) is 17.4. The molecule has 3 heterocycles. The van der Waals surface area contributed by atoms with Crippen molar-refractivity contribution < 1.29 is 4.79 Å². The molecule has 1 aliphatic heterocycles. The van der Waals surface area contributed by atoms with Gasteiger partial charge in [0.25, 0.3) is 0 Å². The Hall–Kier alpha value is -2.18. The Morgan fingerprint density at radius 3 is 2.92 bits per heavy atom. The van der Waals surface area contributed by atoms with Crippen LogP contribution in [0.4, 0.5) is 0 Å². The zero-order valence-electron chi connectivity index (χ0n) is 14.5. The molecule has 0 bridgehead atoms. The summed E-state index contributed by atoms with van der Waals surface area (Å²) in [7, 11) is 2.02. The normalized spacial score (nSPS) is 21.0. The Bertz CT molecular complexity index is 867. The fourth-order valence-corrected chi connectivity index (χ4v) is 4.86. The maximum Gasteiger partial charge on any atom is 0.217 e. The van der Waals surface area contributed by atoms with Gasteiger partial charge >= 0.3 is 0 Å². The van der Waals surface area contributed by atoms with Gasteiger partial charge < -0.3 is 9.88 Å². The molecule has 1 aromatic carbocycles. The Kier molecular flexibility index (Phi) is 4.31. The number of likely N-dealkylation sites (tertiary alicyclic amines) is 1. The van der Waals surface area contributed by atoms with E-state index < -0.39 is 0 Å². The number of rotatable bonds is 4. The Labute approximate surface area is 151 Å². The Balaban J connectivity index is 1.54. The predicted molar refractivity (Wildman–Crippen MR) is 101 cm³/mol. The molecule has 0 saturated carbocycles. The van der Waals surface area contributed by atoms with Gasteiger partial charge in [-0.3, -0.25) is 9.69 Å². The van der Waals surface area contributed by atoms with Gasteiger partial charge in [-0.2, -0.15) is 0 Å². The van der Waals surface area contributed by atoms with Crippen LogP contribution in [0.15, 0.2) is 42.7 Å². The average molecular weight is 354 g/mol. The van der Waals surface area contributed by atoms with E-state index in [0.717, 1.165) is 25.5 Å². The molecule has 1 aliphatic rings. The highest BCUT2D eigenvalue weighted by molar-refractivity contribution is 7.19. The minimum atomic E-state index is 0.0212. The lowest BCUT2D eigenvalue weighted by atomic mass is 10.0. The molecule has 1 fully saturated rings. The number of thiophene rings is 1. The fraction of sp³-hybridized carbons (Fsp3) is 0.368. The van der Waals surface area contributed by atoms with E-state index in [-0.39, 0.29) is 17.9 Å². The number of aryl methyl sites for hydroxylation is 1. The van der Waals surface area contributed by atoms with Crippen molar-refractivity contribution in [2.75, 3.05) is 13.1 Å². The molecule has 4 rings (SSSR count). The average Bonchev–Trinajstić information content (AvgIpc) is 3.25. The van der Waals surface area contributed by atoms with Crippen LogP contribution in [0.2, 0.25) is 0 Å². The van der Waals surface area contributed by atoms with Crippen LogP contribution in [0.5, 0.6) is 0 Å². The van der Waals surface area contributed by atoms with Gasteiger partial charge in [0, 0.05) is 55.6 Å². The van der Waals surface area contributed by atoms with E-state index in [1.807, 2.05) is 30.8 Å². The fourth-order valence-electron chi connectivity index (χ4n) is 3.75. The van der Waals surface area contributed by atoms with Gasteiger partial charge in [-0.25, -0.2) is 4.98 Å². The van der Waals surface area contributed by atoms with Crippen molar-refractivity contribution in [3.8, 4) is 0 Å². The first-order chi connectivity index (χ1) is 12.1. The van der Waals surface area contributed by atoms with Crippen molar-refractivity contribution in [1.82, 2.24) is 19.8 Å². The number of fused-ring (bicyclic) bond motifs is 1. The second-order valence-electron chi connectivity index (χ2n) is 6.75. The third kappa shape index (κ3) is 3.32. The summed E-state index contributed by atoms with van der Waals surface area (Å²) in [5.74, 6) is 1.28. The Morgan fingerprint density at radius 1 is 1.36 bits per heavy atom. The van der Waals surface area contributed by atoms with Crippen molar-refractivity contribution in [3.63, 3.8) is 0 Å². The number of benzene rings is 1. The lowest BCUT2D eigenvalue weighted by Gasteiger charge is -2.18. The molecule has 0 aliphatic carbocycles. The van der Waals surface area contributed by atoms with Crippen LogP contribution < -0.4 is 5.32 Å². The third-order valence-corrected chi connectivity index (χ3v) is 5.93. The summed E-state index contributed by atoms with van der Waals surface area (Å²) >= 11 is 1.85. The van der Waals surface area contributed by atoms with Crippen LogP contribution in [-0.2, 0) is 18.4 Å². The van der Waals surface area contributed by atoms with Gasteiger partial charge in [-0.1, -0.05) is 18.2 Å². The molecular formula is C19H22N4OS. The van der Waals surface area contributed by atoms with Crippen LogP contribution in [-0.4, -0.2) is 39.5 Å². The van der Waals surface area contributed by atoms with Crippen molar-refractivity contribution in [2.45, 2.75) is 25.4 Å². The standard InChI is InChI=1S/C19H22N4OS/c1-13(24)21-17-12-23(11-16(17)19-20-7-8-22(19)2)10-15-9-14-5-3-4-6-18(14)25-15/h3-9,16-17H,10-12H2,1-2H3,(H,21,24)/t16-,17-/m1/s1. The lowest BCUT2D eigenvalue weighted by molar-refractivity contribution is -0.119. The SMILES string of the molecule is CC(=O)N[C@@H]1CN(Cc2cc3ccccc3s2)C[C@H]1c1nccn1C. The summed E-state index contributed by atoms with van der Waals surface area (Å²) in [5, 5.41) is 4.43. The summed E-state index contributed by atoms with van der Waals surface area (Å²) in [6, 6.07) is 10.9. The highest BCUT2D eigenvalue weighted by Gasteiger charge is 2.36. The minimum absolute atomic E-state index is 0.0212. The number of imidazole rings is 1. The quantitative estimate of drug-likeness (QED) is 0.784. The number of carbonyl (C=O) groups excluding carboxylic acids is 1. The smallest absolute Gasteiger partial charge is 0.217 e. The second-order valence-corrected chi connectivity index (χ2v) is 7.92. The largest absolute Gasteiger partial charge is 0.352 e. The van der Waals surface area contributed by atoms with E-state index in [1.54, 1.807) is 6.92 Å². The molecule has 25 heavy (non-hydrogen) atoms. The van der Waals surface area contributed by atoms with E-state index in [1.165, 1.54) is 15.0 Å². The topological polar surface area (TPSA) is 50.2 Å². The summed E-state index contributed by atoms with van der Waals surface area (Å²) in [4.78, 5) is 19.9. The highest BCUT2D eigenvalue weighted by atomic mass is 32.1. The third-order valence-electron chi connectivity index (χ3n) is 4.83. The zero-order valence-corrected chi connectivity index (χ0v) is 15.3. The highest BCUT2D eigenvalue weighted by Crippen LogP contribution is 2.31. The molecular weight excluding hydrogens is 332 g/mol. The first-order valence-electron chi connectivity index (χ1n) is 8.54. The number of hydrogen-bond acceptors (Lipinski definition) is 4. The Morgan fingerprint density at radius 2 is 2.20 bits per heavy atom. The molecule has 0 radical (unpaired) electrons. The van der Waals surface area contributed by atoms with Crippen LogP contribution in [0, 0.1) is 0 Å². The second kappa shape index (κ2) is 6.61. The van der Waals surface area contributed by atoms with E-state index in [9.17, 15) is 4.79 Å². The molecule has 5 nitrogen and oxygen atoms in total. The number of carbonyl (C=O) groups is 1. The van der Waals surface area contributed by atoms with Gasteiger partial charge in [0.1, 0.15) is 5.82 Å². The molecule has 0 unspecified atom stereocenters. The molecule has 2 atom stereocenters. The van der Waals surface area contributed by atoms with Crippen molar-refractivity contribution in [1.29, 1.82) is 0 Å². The molecule has 1 N–H and O–H groups in total. The van der Waals surface area contributed by atoms with Crippen molar-refractivity contribution >= 4 is 27.3 Å². The molecule has 1 saturated heterocycles. The van der Waals surface area contributed by atoms with Crippen molar-refractivity contribution in [3.05, 3.63) is 53.4 Å². The molecule has 3 aromatic rings. The van der Waals surface area contributed by atoms with E-state index in [0.29, 0.717) is 0 Å². The maximum atomic E-state index is 11.6. The van der Waals surface area contributed by atoms with Gasteiger partial charge in [0.2, 0.25) is 5.91 Å². The first-order valence-corrected chi connectivity index (χ1v) is 9.36. The van der Waals surface area contributed by atoms with Gasteiger partial charge in [0.05, 0.1) is 12.0 Å². The van der Waals surface area contributed by atoms with Crippen LogP contribution in [0.25, 0.3) is 10.1 Å². The van der Waals surface area contributed by atoms with Crippen molar-refractivity contribution in [2.24, 2.45) is 7.05 Å². The van der Waals surface area contributed by atoms with E-state index in [2.05, 4.69) is 50.1 Å². The molecule has 6 heteroatoms. The van der Waals surface area contributed by atoms with Crippen LogP contribution in [0.3, 0.4) is 0 Å². The van der Waals surface area contributed by atoms with Gasteiger partial charge in [-0.15, -0.1) is 11.3 Å². The lowest BCUT2D eigenvalue weighted by Crippen LogP contribution is -2.39. The summed E-state index contributed by atoms with van der Waals surface area (Å²) in [5.41, 5.74) is 0. The molecule has 1 amide bonds. The number of nitrogens with zero attached hydrogens (tertiary/aromatic N) is 3. The molecule has 130 valence electrons. The number of aromatic nitrogens is 2. The molecule has 0 spiro atoms. The van der Waals surface area contributed by atoms with Crippen LogP contribution >= 0.6 is 11.3 Å². The van der Waals surface area contributed by atoms with Gasteiger partial charge in [-0.05, 0) is 17.5 Å². The van der Waals surface area contributed by atoms with E-state index in [4.69, 9.17) is 0 Å². The predicted octanol–water partition coefficient (Wildman–Crippen LogP) is 2.74.